The summed E-state index contributed by atoms with van der Waals surface area (Å²) in [5.41, 5.74) is 3.26. The second kappa shape index (κ2) is 8.47. The van der Waals surface area contributed by atoms with Crippen molar-refractivity contribution in [1.29, 1.82) is 0 Å². The lowest BCUT2D eigenvalue weighted by atomic mass is 10.2. The SMILES string of the molecule is c1cc(CNc2ccc3cnc(CSC4CCOCC4)nc3c2)ccn1. The van der Waals surface area contributed by atoms with Crippen molar-refractivity contribution < 1.29 is 4.74 Å². The number of pyridine rings is 1. The van der Waals surface area contributed by atoms with E-state index in [1.807, 2.05) is 42.5 Å². The summed E-state index contributed by atoms with van der Waals surface area (Å²) in [5, 5.41) is 5.18. The minimum Gasteiger partial charge on any atom is -0.381 e. The van der Waals surface area contributed by atoms with Crippen LogP contribution in [-0.4, -0.2) is 33.4 Å². The standard InChI is InChI=1S/C20H22N4OS/c1-2-17(22-12-15-3-7-21-8-4-15)11-19-16(1)13-23-20(24-19)14-26-18-5-9-25-10-6-18/h1-4,7-8,11,13,18,22H,5-6,9-10,12,14H2. The Hall–Kier alpha value is -2.18. The molecule has 5 nitrogen and oxygen atoms in total. The molecule has 2 aromatic heterocycles. The Morgan fingerprint density at radius 2 is 1.96 bits per heavy atom. The molecule has 6 heteroatoms. The van der Waals surface area contributed by atoms with Crippen molar-refractivity contribution in [2.75, 3.05) is 18.5 Å². The molecule has 0 bridgehead atoms. The fraction of sp³-hybridized carbons (Fsp3) is 0.350. The van der Waals surface area contributed by atoms with E-state index in [-0.39, 0.29) is 0 Å². The molecule has 0 radical (unpaired) electrons. The Labute approximate surface area is 157 Å². The number of hydrogen-bond acceptors (Lipinski definition) is 6. The zero-order valence-corrected chi connectivity index (χ0v) is 15.4. The predicted molar refractivity (Wildman–Crippen MR) is 106 cm³/mol. The van der Waals surface area contributed by atoms with Crippen molar-refractivity contribution in [2.45, 2.75) is 30.4 Å². The van der Waals surface area contributed by atoms with Crippen LogP contribution >= 0.6 is 11.8 Å². The van der Waals surface area contributed by atoms with Gasteiger partial charge >= 0.3 is 0 Å². The van der Waals surface area contributed by atoms with Gasteiger partial charge < -0.3 is 10.1 Å². The van der Waals surface area contributed by atoms with Crippen LogP contribution in [0.4, 0.5) is 5.69 Å². The monoisotopic (exact) mass is 366 g/mol. The fourth-order valence-electron chi connectivity index (χ4n) is 2.98. The first-order valence-corrected chi connectivity index (χ1v) is 9.99. The zero-order valence-electron chi connectivity index (χ0n) is 14.6. The summed E-state index contributed by atoms with van der Waals surface area (Å²) in [7, 11) is 0. The van der Waals surface area contributed by atoms with Gasteiger partial charge in [-0.05, 0) is 48.7 Å². The highest BCUT2D eigenvalue weighted by molar-refractivity contribution is 7.99. The molecule has 1 aliphatic heterocycles. The first-order chi connectivity index (χ1) is 12.9. The van der Waals surface area contributed by atoms with Crippen LogP contribution in [0, 0.1) is 0 Å². The van der Waals surface area contributed by atoms with Gasteiger partial charge in [-0.3, -0.25) is 4.98 Å². The van der Waals surface area contributed by atoms with Gasteiger partial charge in [0.25, 0.3) is 0 Å². The van der Waals surface area contributed by atoms with Gasteiger partial charge in [0, 0.05) is 54.7 Å². The molecule has 134 valence electrons. The van der Waals surface area contributed by atoms with Gasteiger partial charge in [0.15, 0.2) is 0 Å². The highest BCUT2D eigenvalue weighted by Gasteiger charge is 2.14. The van der Waals surface area contributed by atoms with Crippen LogP contribution in [0.25, 0.3) is 10.9 Å². The first kappa shape index (κ1) is 17.2. The summed E-state index contributed by atoms with van der Waals surface area (Å²) in [6, 6.07) is 10.3. The van der Waals surface area contributed by atoms with Gasteiger partial charge in [-0.25, -0.2) is 9.97 Å². The number of anilines is 1. The summed E-state index contributed by atoms with van der Waals surface area (Å²) in [5.74, 6) is 1.76. The van der Waals surface area contributed by atoms with Gasteiger partial charge in [0.2, 0.25) is 0 Å². The normalized spacial score (nSPS) is 15.2. The van der Waals surface area contributed by atoms with Crippen molar-refractivity contribution in [3.63, 3.8) is 0 Å². The highest BCUT2D eigenvalue weighted by Crippen LogP contribution is 2.25. The molecule has 1 fully saturated rings. The molecule has 0 atom stereocenters. The van der Waals surface area contributed by atoms with E-state index in [1.165, 1.54) is 5.56 Å². The molecule has 1 aliphatic rings. The summed E-state index contributed by atoms with van der Waals surface area (Å²) < 4.78 is 5.42. The number of nitrogens with one attached hydrogen (secondary N) is 1. The Morgan fingerprint density at radius 3 is 2.81 bits per heavy atom. The molecule has 0 saturated carbocycles. The average Bonchev–Trinajstić information content (AvgIpc) is 2.72. The Morgan fingerprint density at radius 1 is 1.12 bits per heavy atom. The molecule has 4 rings (SSSR count). The molecule has 0 aliphatic carbocycles. The molecule has 1 saturated heterocycles. The lowest BCUT2D eigenvalue weighted by Gasteiger charge is -2.21. The van der Waals surface area contributed by atoms with Crippen molar-refractivity contribution in [3.05, 3.63) is 60.3 Å². The molecule has 0 amide bonds. The molecule has 26 heavy (non-hydrogen) atoms. The number of benzene rings is 1. The third kappa shape index (κ3) is 4.51. The Kier molecular flexibility index (Phi) is 5.62. The molecule has 3 aromatic rings. The Balaban J connectivity index is 1.42. The topological polar surface area (TPSA) is 59.9 Å². The number of hydrogen-bond donors (Lipinski definition) is 1. The third-order valence-corrected chi connectivity index (χ3v) is 5.86. The summed E-state index contributed by atoms with van der Waals surface area (Å²) in [4.78, 5) is 13.3. The minimum absolute atomic E-state index is 0.663. The van der Waals surface area contributed by atoms with E-state index in [4.69, 9.17) is 9.72 Å². The Bertz CT molecular complexity index is 853. The molecule has 1 N–H and O–H groups in total. The molecular formula is C20H22N4OS. The van der Waals surface area contributed by atoms with Crippen LogP contribution in [-0.2, 0) is 17.0 Å². The minimum atomic E-state index is 0.663. The van der Waals surface area contributed by atoms with Crippen molar-refractivity contribution >= 4 is 28.4 Å². The van der Waals surface area contributed by atoms with E-state index in [1.54, 1.807) is 0 Å². The number of thioether (sulfide) groups is 1. The molecule has 3 heterocycles. The third-order valence-electron chi connectivity index (χ3n) is 4.50. The second-order valence-corrected chi connectivity index (χ2v) is 7.68. The first-order valence-electron chi connectivity index (χ1n) is 8.95. The summed E-state index contributed by atoms with van der Waals surface area (Å²) >= 11 is 1.94. The smallest absolute Gasteiger partial charge is 0.138 e. The molecule has 1 aromatic carbocycles. The van der Waals surface area contributed by atoms with Gasteiger partial charge in [-0.2, -0.15) is 11.8 Å². The zero-order chi connectivity index (χ0) is 17.6. The van der Waals surface area contributed by atoms with Crippen LogP contribution < -0.4 is 5.32 Å². The van der Waals surface area contributed by atoms with E-state index in [2.05, 4.69) is 33.5 Å². The summed E-state index contributed by atoms with van der Waals surface area (Å²) in [6.07, 6.45) is 7.80. The molecular weight excluding hydrogens is 344 g/mol. The van der Waals surface area contributed by atoms with Crippen LogP contribution in [0.3, 0.4) is 0 Å². The van der Waals surface area contributed by atoms with E-state index >= 15 is 0 Å². The van der Waals surface area contributed by atoms with Crippen molar-refractivity contribution in [1.82, 2.24) is 15.0 Å². The molecule has 0 spiro atoms. The van der Waals surface area contributed by atoms with Crippen LogP contribution in [0.2, 0.25) is 0 Å². The lowest BCUT2D eigenvalue weighted by Crippen LogP contribution is -2.17. The van der Waals surface area contributed by atoms with Crippen LogP contribution in [0.15, 0.2) is 48.9 Å². The average molecular weight is 366 g/mol. The van der Waals surface area contributed by atoms with Gasteiger partial charge in [-0.1, -0.05) is 0 Å². The fourth-order valence-corrected chi connectivity index (χ4v) is 4.03. The van der Waals surface area contributed by atoms with Crippen LogP contribution in [0.5, 0.6) is 0 Å². The van der Waals surface area contributed by atoms with E-state index in [9.17, 15) is 0 Å². The summed E-state index contributed by atoms with van der Waals surface area (Å²) in [6.45, 7) is 2.52. The maximum absolute atomic E-state index is 5.42. The predicted octanol–water partition coefficient (Wildman–Crippen LogP) is 4.05. The van der Waals surface area contributed by atoms with Gasteiger partial charge in [-0.15, -0.1) is 0 Å². The maximum Gasteiger partial charge on any atom is 0.138 e. The van der Waals surface area contributed by atoms with E-state index < -0.39 is 0 Å². The molecule has 0 unspecified atom stereocenters. The van der Waals surface area contributed by atoms with E-state index in [0.29, 0.717) is 5.25 Å². The van der Waals surface area contributed by atoms with Gasteiger partial charge in [0.05, 0.1) is 11.3 Å². The number of nitrogens with zero attached hydrogens (tertiary/aromatic N) is 3. The van der Waals surface area contributed by atoms with Crippen molar-refractivity contribution in [3.8, 4) is 0 Å². The number of ether oxygens (including phenoxy) is 1. The van der Waals surface area contributed by atoms with Crippen molar-refractivity contribution in [2.24, 2.45) is 0 Å². The number of rotatable bonds is 6. The number of aromatic nitrogens is 3. The number of fused-ring (bicyclic) bond motifs is 1. The maximum atomic E-state index is 5.42. The lowest BCUT2D eigenvalue weighted by molar-refractivity contribution is 0.1000. The second-order valence-electron chi connectivity index (χ2n) is 6.39. The quantitative estimate of drug-likeness (QED) is 0.710. The van der Waals surface area contributed by atoms with E-state index in [0.717, 1.165) is 60.8 Å². The van der Waals surface area contributed by atoms with Crippen LogP contribution in [0.1, 0.15) is 24.2 Å². The largest absolute Gasteiger partial charge is 0.381 e. The highest BCUT2D eigenvalue weighted by atomic mass is 32.2. The van der Waals surface area contributed by atoms with Gasteiger partial charge in [0.1, 0.15) is 5.82 Å².